The van der Waals surface area contributed by atoms with Gasteiger partial charge in [-0.05, 0) is 62.4 Å². The van der Waals surface area contributed by atoms with Crippen LogP contribution in [-0.2, 0) is 8.46 Å². The number of hydrogen-bond acceptors (Lipinski definition) is 4. The summed E-state index contributed by atoms with van der Waals surface area (Å²) in [6, 6.07) is 30.1. The molecule has 0 amide bonds. The van der Waals surface area contributed by atoms with Gasteiger partial charge in [-0.3, -0.25) is 9.98 Å². The summed E-state index contributed by atoms with van der Waals surface area (Å²) in [7, 11) is 1.75. The summed E-state index contributed by atoms with van der Waals surface area (Å²) >= 11 is 4.36. The second-order valence-electron chi connectivity index (χ2n) is 7.35. The molecule has 0 spiro atoms. The van der Waals surface area contributed by atoms with Gasteiger partial charge in [0.25, 0.3) is 0 Å². The van der Waals surface area contributed by atoms with E-state index in [9.17, 15) is 10.2 Å². The fourth-order valence-corrected chi connectivity index (χ4v) is 2.74. The predicted octanol–water partition coefficient (Wildman–Crippen LogP) is 8.67. The molecular formula is C28H26CuI2N2O2. The molecule has 0 unspecified atom stereocenters. The van der Waals surface area contributed by atoms with Gasteiger partial charge in [-0.25, -0.2) is 0 Å². The molecule has 4 nitrogen and oxygen atoms in total. The first kappa shape index (κ1) is 29.0. The molecule has 0 radical (unpaired) electrons. The third-order valence-electron chi connectivity index (χ3n) is 4.65. The Balaban J connectivity index is 0.000000222. The van der Waals surface area contributed by atoms with E-state index >= 15 is 0 Å². The van der Waals surface area contributed by atoms with Crippen LogP contribution < -0.4 is 0 Å². The molecular weight excluding hydrogens is 714 g/mol. The number of aliphatic imine (C=N–C) groups is 2. The Kier molecular flexibility index (Phi) is 13.7. The van der Waals surface area contributed by atoms with Crippen molar-refractivity contribution in [1.29, 1.82) is 0 Å². The number of aromatic hydroxyl groups is 2. The van der Waals surface area contributed by atoms with E-state index in [-0.39, 0.29) is 11.5 Å². The molecule has 0 atom stereocenters. The van der Waals surface area contributed by atoms with Crippen LogP contribution in [0.15, 0.2) is 107 Å². The molecule has 0 saturated heterocycles. The first-order valence-electron chi connectivity index (χ1n) is 10.5. The van der Waals surface area contributed by atoms with E-state index in [0.29, 0.717) is 0 Å². The molecule has 2 N–H and O–H groups in total. The molecule has 0 fully saturated rings. The maximum atomic E-state index is 9.54. The van der Waals surface area contributed by atoms with Crippen molar-refractivity contribution in [1.82, 2.24) is 0 Å². The van der Waals surface area contributed by atoms with Gasteiger partial charge < -0.3 is 10.2 Å². The van der Waals surface area contributed by atoms with E-state index < -0.39 is 0 Å². The monoisotopic (exact) mass is 739 g/mol. The number of phenols is 2. The van der Waals surface area contributed by atoms with Crippen LogP contribution in [0.1, 0.15) is 22.3 Å². The molecule has 7 heteroatoms. The Morgan fingerprint density at radius 3 is 1.20 bits per heavy atom. The SMILES string of the molecule is Cc1ccc(N=Cc2ccccc2O)cc1.Cc1ccc(N=Cc2ccccc2O)cc1.[I][Cu][I]. The minimum absolute atomic E-state index is 0.248. The number of benzene rings is 4. The summed E-state index contributed by atoms with van der Waals surface area (Å²) in [5, 5.41) is 19.1. The maximum absolute atomic E-state index is 9.54. The van der Waals surface area contributed by atoms with Gasteiger partial charge in [-0.2, -0.15) is 0 Å². The molecule has 35 heavy (non-hydrogen) atoms. The van der Waals surface area contributed by atoms with Crippen LogP contribution in [0.3, 0.4) is 0 Å². The number of aryl methyl sites for hydroxylation is 2. The Labute approximate surface area is 235 Å². The van der Waals surface area contributed by atoms with Crippen molar-refractivity contribution >= 4 is 64.5 Å². The molecule has 0 aliphatic rings. The van der Waals surface area contributed by atoms with Gasteiger partial charge in [0.15, 0.2) is 0 Å². The fourth-order valence-electron chi connectivity index (χ4n) is 2.74. The zero-order valence-corrected chi connectivity index (χ0v) is 24.5. The number of phenolic OH excluding ortho intramolecular Hbond substituents is 2. The van der Waals surface area contributed by atoms with Gasteiger partial charge in [0.2, 0.25) is 0 Å². The van der Waals surface area contributed by atoms with Crippen LogP contribution in [0, 0.1) is 13.8 Å². The van der Waals surface area contributed by atoms with Crippen LogP contribution in [-0.4, -0.2) is 22.6 Å². The van der Waals surface area contributed by atoms with Crippen LogP contribution >= 0.6 is 40.7 Å². The number of nitrogens with zero attached hydrogens (tertiary/aromatic N) is 2. The van der Waals surface area contributed by atoms with E-state index in [1.165, 1.54) is 11.1 Å². The topological polar surface area (TPSA) is 65.2 Å². The van der Waals surface area contributed by atoms with Crippen LogP contribution in [0.4, 0.5) is 11.4 Å². The van der Waals surface area contributed by atoms with Gasteiger partial charge in [-0.15, -0.1) is 0 Å². The zero-order chi connectivity index (χ0) is 25.5. The van der Waals surface area contributed by atoms with Crippen molar-refractivity contribution in [2.75, 3.05) is 0 Å². The third kappa shape index (κ3) is 11.4. The van der Waals surface area contributed by atoms with Crippen LogP contribution in [0.2, 0.25) is 0 Å². The second kappa shape index (κ2) is 16.5. The van der Waals surface area contributed by atoms with Crippen molar-refractivity contribution in [2.24, 2.45) is 9.98 Å². The summed E-state index contributed by atoms with van der Waals surface area (Å²) in [6.45, 7) is 4.08. The third-order valence-corrected chi connectivity index (χ3v) is 4.65. The fraction of sp³-hybridized carbons (Fsp3) is 0.0714. The summed E-state index contributed by atoms with van der Waals surface area (Å²) in [6.07, 6.45) is 3.33. The number of rotatable bonds is 4. The van der Waals surface area contributed by atoms with Gasteiger partial charge in [-0.1, -0.05) is 59.7 Å². The molecule has 4 aromatic rings. The van der Waals surface area contributed by atoms with E-state index in [2.05, 4.69) is 50.7 Å². The molecule has 4 aromatic carbocycles. The van der Waals surface area contributed by atoms with Crippen molar-refractivity contribution in [2.45, 2.75) is 13.8 Å². The molecule has 0 aromatic heterocycles. The molecule has 0 aliphatic heterocycles. The zero-order valence-electron chi connectivity index (χ0n) is 19.2. The predicted molar refractivity (Wildman–Crippen MR) is 161 cm³/mol. The van der Waals surface area contributed by atoms with Crippen LogP contribution in [0.5, 0.6) is 11.5 Å². The Bertz CT molecular complexity index is 1130. The quantitative estimate of drug-likeness (QED) is 0.125. The van der Waals surface area contributed by atoms with Crippen molar-refractivity contribution < 1.29 is 18.7 Å². The van der Waals surface area contributed by atoms with E-state index in [4.69, 9.17) is 0 Å². The first-order valence-corrected chi connectivity index (χ1v) is 16.6. The molecule has 0 bridgehead atoms. The van der Waals surface area contributed by atoms with Gasteiger partial charge >= 0.3 is 49.1 Å². The van der Waals surface area contributed by atoms with Crippen molar-refractivity contribution in [3.63, 3.8) is 0 Å². The van der Waals surface area contributed by atoms with Crippen LogP contribution in [0.25, 0.3) is 0 Å². The minimum atomic E-state index is 0.248. The average molecular weight is 740 g/mol. The molecule has 4 rings (SSSR count). The summed E-state index contributed by atoms with van der Waals surface area (Å²) in [5.74, 6) is 0.497. The van der Waals surface area contributed by atoms with Gasteiger partial charge in [0.1, 0.15) is 11.5 Å². The van der Waals surface area contributed by atoms with Gasteiger partial charge in [0.05, 0.1) is 11.4 Å². The number of hydrogen-bond donors (Lipinski definition) is 2. The Hall–Kier alpha value is -2.20. The Morgan fingerprint density at radius 2 is 0.886 bits per heavy atom. The number of para-hydroxylation sites is 2. The van der Waals surface area contributed by atoms with E-state index in [1.54, 1.807) is 45.2 Å². The Morgan fingerprint density at radius 1 is 0.571 bits per heavy atom. The number of halogens is 2. The summed E-state index contributed by atoms with van der Waals surface area (Å²) in [5.41, 5.74) is 5.64. The summed E-state index contributed by atoms with van der Waals surface area (Å²) in [4.78, 5) is 8.59. The standard InChI is InChI=1S/2C14H13NO.Cu.2HI/c2*1-11-6-8-13(9-7-11)15-10-12-4-2-3-5-14(12)16;;;/h2*2-10,16H,1H3;;2*1H/q;;+2;;/p-2. The molecule has 0 heterocycles. The molecule has 0 saturated carbocycles. The average Bonchev–Trinajstić information content (AvgIpc) is 2.86. The molecule has 185 valence electrons. The second-order valence-corrected chi connectivity index (χ2v) is 15.3. The van der Waals surface area contributed by atoms with E-state index in [1.807, 2.05) is 86.6 Å². The first-order chi connectivity index (χ1) is 16.9. The normalized spacial score (nSPS) is 10.5. The van der Waals surface area contributed by atoms with Crippen molar-refractivity contribution in [3.05, 3.63) is 119 Å². The molecule has 0 aliphatic carbocycles. The van der Waals surface area contributed by atoms with E-state index in [0.717, 1.165) is 22.5 Å². The van der Waals surface area contributed by atoms with Gasteiger partial charge in [0, 0.05) is 23.6 Å². The summed E-state index contributed by atoms with van der Waals surface area (Å²) < 4.78 is 0. The van der Waals surface area contributed by atoms with Crippen molar-refractivity contribution in [3.8, 4) is 11.5 Å².